The first-order valence-electron chi connectivity index (χ1n) is 7.92. The van der Waals surface area contributed by atoms with E-state index in [4.69, 9.17) is 0 Å². The van der Waals surface area contributed by atoms with Crippen molar-refractivity contribution in [3.05, 3.63) is 75.8 Å². The van der Waals surface area contributed by atoms with Gasteiger partial charge in [0.15, 0.2) is 0 Å². The van der Waals surface area contributed by atoms with Gasteiger partial charge in [-0.3, -0.25) is 10.1 Å². The van der Waals surface area contributed by atoms with E-state index in [9.17, 15) is 28.1 Å². The Labute approximate surface area is 157 Å². The van der Waals surface area contributed by atoms with Gasteiger partial charge < -0.3 is 10.6 Å². The van der Waals surface area contributed by atoms with E-state index >= 15 is 0 Å². The van der Waals surface area contributed by atoms with Gasteiger partial charge in [-0.1, -0.05) is 42.2 Å². The monoisotopic (exact) mass is 387 g/mol. The zero-order chi connectivity index (χ0) is 20.4. The molecular formula is C19H12F3N3O3. The average molecular weight is 387 g/mol. The van der Waals surface area contributed by atoms with Gasteiger partial charge in [-0.25, -0.2) is 4.79 Å². The fourth-order valence-corrected chi connectivity index (χ4v) is 2.70. The third-order valence-electron chi connectivity index (χ3n) is 4.01. The number of alkyl halides is 3. The Hall–Kier alpha value is -3.80. The van der Waals surface area contributed by atoms with E-state index in [2.05, 4.69) is 11.2 Å². The van der Waals surface area contributed by atoms with Crippen molar-refractivity contribution in [2.45, 2.75) is 11.7 Å². The Morgan fingerprint density at radius 3 is 2.50 bits per heavy atom. The van der Waals surface area contributed by atoms with Gasteiger partial charge in [0.2, 0.25) is 5.54 Å². The number of hydrogen-bond acceptors (Lipinski definition) is 3. The number of nitro groups is 1. The molecule has 1 atom stereocenters. The number of benzene rings is 2. The lowest BCUT2D eigenvalue weighted by molar-refractivity contribution is -0.385. The number of nitrogens with one attached hydrogen (secondary N) is 2. The number of urea groups is 1. The van der Waals surface area contributed by atoms with Gasteiger partial charge in [-0.15, -0.1) is 0 Å². The van der Waals surface area contributed by atoms with Crippen LogP contribution in [-0.4, -0.2) is 17.1 Å². The number of carbonyl (C=O) groups excluding carboxylic acids is 1. The first-order chi connectivity index (χ1) is 13.2. The number of anilines is 1. The van der Waals surface area contributed by atoms with Crippen LogP contribution in [0.2, 0.25) is 0 Å². The van der Waals surface area contributed by atoms with Crippen LogP contribution in [0.25, 0.3) is 6.08 Å². The Kier molecular flexibility index (Phi) is 4.79. The van der Waals surface area contributed by atoms with Crippen molar-refractivity contribution in [3.63, 3.8) is 0 Å². The lowest BCUT2D eigenvalue weighted by Crippen LogP contribution is -2.59. The summed E-state index contributed by atoms with van der Waals surface area (Å²) in [6, 6.07) is 10.5. The van der Waals surface area contributed by atoms with Gasteiger partial charge >= 0.3 is 12.2 Å². The van der Waals surface area contributed by atoms with Crippen molar-refractivity contribution < 1.29 is 22.9 Å². The Bertz CT molecular complexity index is 1020. The number of hydrogen-bond donors (Lipinski definition) is 2. The molecule has 1 heterocycles. The van der Waals surface area contributed by atoms with E-state index < -0.39 is 33.9 Å². The lowest BCUT2D eigenvalue weighted by Gasteiger charge is -2.36. The van der Waals surface area contributed by atoms with Gasteiger partial charge in [-0.05, 0) is 23.8 Å². The second-order valence-electron chi connectivity index (χ2n) is 5.83. The van der Waals surface area contributed by atoms with E-state index in [0.29, 0.717) is 0 Å². The van der Waals surface area contributed by atoms with Crippen LogP contribution in [0, 0.1) is 22.0 Å². The van der Waals surface area contributed by atoms with E-state index in [1.807, 2.05) is 5.92 Å². The molecule has 2 N–H and O–H groups in total. The predicted molar refractivity (Wildman–Crippen MR) is 96.2 cm³/mol. The van der Waals surface area contributed by atoms with Crippen molar-refractivity contribution in [3.8, 4) is 11.8 Å². The Morgan fingerprint density at radius 1 is 1.14 bits per heavy atom. The second-order valence-corrected chi connectivity index (χ2v) is 5.83. The molecule has 0 saturated carbocycles. The van der Waals surface area contributed by atoms with Crippen molar-refractivity contribution >= 4 is 23.5 Å². The van der Waals surface area contributed by atoms with Gasteiger partial charge in [-0.2, -0.15) is 13.2 Å². The second kappa shape index (κ2) is 7.08. The highest BCUT2D eigenvalue weighted by Gasteiger charge is 2.59. The fraction of sp³-hybridized carbons (Fsp3) is 0.105. The van der Waals surface area contributed by atoms with Gasteiger partial charge in [0, 0.05) is 23.4 Å². The maximum absolute atomic E-state index is 14.0. The topological polar surface area (TPSA) is 84.3 Å². The first-order valence-corrected chi connectivity index (χ1v) is 7.92. The molecule has 0 saturated heterocycles. The molecule has 6 nitrogen and oxygen atoms in total. The molecule has 2 aromatic carbocycles. The van der Waals surface area contributed by atoms with Crippen molar-refractivity contribution in [2.24, 2.45) is 0 Å². The smallest absolute Gasteiger partial charge is 0.310 e. The molecule has 0 aliphatic carbocycles. The van der Waals surface area contributed by atoms with Crippen molar-refractivity contribution in [1.82, 2.24) is 5.32 Å². The number of nitro benzene ring substituents is 1. The number of allylic oxidation sites excluding steroid dienone is 1. The summed E-state index contributed by atoms with van der Waals surface area (Å²) in [6.07, 6.45) is -2.30. The summed E-state index contributed by atoms with van der Waals surface area (Å²) in [5.74, 6) is 4.34. The highest BCUT2D eigenvalue weighted by Crippen LogP contribution is 2.44. The lowest BCUT2D eigenvalue weighted by atomic mass is 9.86. The molecule has 1 aliphatic rings. The molecule has 0 unspecified atom stereocenters. The van der Waals surface area contributed by atoms with Crippen molar-refractivity contribution in [2.75, 3.05) is 5.32 Å². The molecule has 2 amide bonds. The summed E-state index contributed by atoms with van der Waals surface area (Å²) in [6.45, 7) is 0. The maximum atomic E-state index is 14.0. The third-order valence-corrected chi connectivity index (χ3v) is 4.01. The Balaban J connectivity index is 2.12. The van der Waals surface area contributed by atoms with E-state index in [-0.39, 0.29) is 5.69 Å². The highest BCUT2D eigenvalue weighted by molar-refractivity contribution is 5.95. The number of nitrogens with zero attached hydrogens (tertiary/aromatic N) is 1. The number of amides is 2. The molecule has 0 bridgehead atoms. The van der Waals surface area contributed by atoms with Crippen LogP contribution in [0.15, 0.2) is 54.6 Å². The first kappa shape index (κ1) is 19.0. The fourth-order valence-electron chi connectivity index (χ4n) is 2.70. The number of rotatable bonds is 2. The minimum Gasteiger partial charge on any atom is -0.310 e. The van der Waals surface area contributed by atoms with Gasteiger partial charge in [0.25, 0.3) is 5.69 Å². The summed E-state index contributed by atoms with van der Waals surface area (Å²) < 4.78 is 42.0. The minimum atomic E-state index is -5.03. The zero-order valence-corrected chi connectivity index (χ0v) is 14.1. The van der Waals surface area contributed by atoms with Crippen LogP contribution in [0.4, 0.5) is 29.3 Å². The summed E-state index contributed by atoms with van der Waals surface area (Å²) in [5, 5.41) is 15.0. The predicted octanol–water partition coefficient (Wildman–Crippen LogP) is 4.20. The van der Waals surface area contributed by atoms with E-state index in [0.717, 1.165) is 23.8 Å². The molecule has 142 valence electrons. The molecule has 0 radical (unpaired) electrons. The zero-order valence-electron chi connectivity index (χ0n) is 14.1. The molecular weight excluding hydrogens is 375 g/mol. The third kappa shape index (κ3) is 3.53. The largest absolute Gasteiger partial charge is 0.427 e. The molecule has 9 heteroatoms. The number of halogens is 3. The molecule has 3 rings (SSSR count). The number of carbonyl (C=O) groups is 1. The minimum absolute atomic E-state index is 0.201. The van der Waals surface area contributed by atoms with E-state index in [1.165, 1.54) is 12.2 Å². The summed E-state index contributed by atoms with van der Waals surface area (Å²) in [7, 11) is 0. The summed E-state index contributed by atoms with van der Waals surface area (Å²) in [4.78, 5) is 22.0. The van der Waals surface area contributed by atoms with Crippen LogP contribution in [0.1, 0.15) is 11.1 Å². The van der Waals surface area contributed by atoms with Crippen LogP contribution in [0.3, 0.4) is 0 Å². The number of fused-ring (bicyclic) bond motifs is 1. The SMILES string of the molecule is O=C1Nc2ccc([N+](=O)[O-])cc2[C@@](C#C/C=C/c2ccccc2)(C(F)(F)F)N1. The molecule has 0 fully saturated rings. The number of non-ortho nitro benzene ring substituents is 1. The Morgan fingerprint density at radius 2 is 1.86 bits per heavy atom. The normalized spacial score (nSPS) is 18.5. The van der Waals surface area contributed by atoms with Crippen LogP contribution in [0.5, 0.6) is 0 Å². The van der Waals surface area contributed by atoms with Crippen LogP contribution in [-0.2, 0) is 5.54 Å². The standard InChI is InChI=1S/C19H12F3N3O3/c20-19(21,22)18(11-5-4-8-13-6-2-1-3-7-13)15-12-14(25(27)28)9-10-16(15)23-17(26)24-18/h1-4,6-10,12H,(H2,23,24,26)/b8-4+/t18-/m0/s1. The molecule has 2 aromatic rings. The molecule has 0 aromatic heterocycles. The molecule has 28 heavy (non-hydrogen) atoms. The van der Waals surface area contributed by atoms with E-state index in [1.54, 1.807) is 35.6 Å². The average Bonchev–Trinajstić information content (AvgIpc) is 2.64. The van der Waals surface area contributed by atoms with Crippen molar-refractivity contribution in [1.29, 1.82) is 0 Å². The highest BCUT2D eigenvalue weighted by atomic mass is 19.4. The van der Waals surface area contributed by atoms with Crippen LogP contribution < -0.4 is 10.6 Å². The van der Waals surface area contributed by atoms with Gasteiger partial charge in [0.1, 0.15) is 0 Å². The van der Waals surface area contributed by atoms with Gasteiger partial charge in [0.05, 0.1) is 4.92 Å². The molecule has 1 aliphatic heterocycles. The quantitative estimate of drug-likeness (QED) is 0.460. The van der Waals surface area contributed by atoms with Crippen LogP contribution >= 0.6 is 0 Å². The molecule has 0 spiro atoms. The maximum Gasteiger partial charge on any atom is 0.427 e. The summed E-state index contributed by atoms with van der Waals surface area (Å²) >= 11 is 0. The summed E-state index contributed by atoms with van der Waals surface area (Å²) in [5.41, 5.74) is -3.66.